The fourth-order valence-corrected chi connectivity index (χ4v) is 9.42. The van der Waals surface area contributed by atoms with E-state index in [1.54, 1.807) is 0 Å². The third-order valence-electron chi connectivity index (χ3n) is 12.2. The van der Waals surface area contributed by atoms with Crippen molar-refractivity contribution in [2.45, 2.75) is 186 Å². The Morgan fingerprint density at radius 2 is 0.980 bits per heavy atom. The van der Waals surface area contributed by atoms with E-state index >= 15 is 0 Å². The molecule has 0 spiro atoms. The van der Waals surface area contributed by atoms with Crippen LogP contribution in [0, 0.1) is 0 Å². The van der Waals surface area contributed by atoms with Crippen LogP contribution in [0.1, 0.15) is 88.6 Å². The Labute approximate surface area is 306 Å². The van der Waals surface area contributed by atoms with Crippen molar-refractivity contribution >= 4 is 39.3 Å². The van der Waals surface area contributed by atoms with Crippen molar-refractivity contribution in [2.24, 2.45) is 0 Å². The maximum atomic E-state index is 7.53. The summed E-state index contributed by atoms with van der Waals surface area (Å²) in [6, 6.07) is 10.3. The highest BCUT2D eigenvalue weighted by molar-refractivity contribution is 6.75. The van der Waals surface area contributed by atoms with Gasteiger partial charge in [-0.1, -0.05) is 126 Å². The second-order valence-corrected chi connectivity index (χ2v) is 39.4. The van der Waals surface area contributed by atoms with Crippen LogP contribution in [-0.2, 0) is 27.2 Å². The third kappa shape index (κ3) is 11.8. The molecule has 0 aromatic heterocycles. The first-order valence-corrected chi connectivity index (χ1v) is 30.1. The molecule has 0 radical (unpaired) electrons. The van der Waals surface area contributed by atoms with E-state index in [4.69, 9.17) is 27.2 Å². The van der Waals surface area contributed by atoms with E-state index in [1.807, 2.05) is 18.2 Å². The molecule has 0 amide bonds. The van der Waals surface area contributed by atoms with Crippen molar-refractivity contribution in [2.75, 3.05) is 13.2 Å². The fraction of sp³-hybridized carbons (Fsp3) is 0.795. The molecular weight excluding hydrogens is 677 g/mol. The topological polar surface area (TPSA) is 55.4 Å². The van der Waals surface area contributed by atoms with Crippen LogP contribution in [-0.4, -0.2) is 77.2 Å². The van der Waals surface area contributed by atoms with Gasteiger partial charge in [0, 0.05) is 0 Å². The molecule has 5 atom stereocenters. The summed E-state index contributed by atoms with van der Waals surface area (Å²) in [5, 5.41) is 0.00591. The van der Waals surface area contributed by atoms with Crippen molar-refractivity contribution in [1.29, 1.82) is 0 Å². The van der Waals surface area contributed by atoms with Gasteiger partial charge >= 0.3 is 0 Å². The lowest BCUT2D eigenvalue weighted by atomic mass is 9.99. The smallest absolute Gasteiger partial charge is 0.192 e. The minimum atomic E-state index is -2.34. The molecular formula is C39H76O6Si4. The predicted octanol–water partition coefficient (Wildman–Crippen LogP) is 11.6. The Bertz CT molecular complexity index is 1200. The third-order valence-corrected chi connectivity index (χ3v) is 30.1. The quantitative estimate of drug-likeness (QED) is 0.187. The van der Waals surface area contributed by atoms with Crippen molar-refractivity contribution in [3.8, 4) is 0 Å². The molecule has 1 aliphatic rings. The minimum absolute atomic E-state index is 0.00920. The van der Waals surface area contributed by atoms with Crippen LogP contribution < -0.4 is 0 Å². The highest BCUT2D eigenvalue weighted by Gasteiger charge is 2.57. The molecule has 0 bridgehead atoms. The van der Waals surface area contributed by atoms with Crippen LogP contribution in [0.25, 0.3) is 6.08 Å². The lowest BCUT2D eigenvalue weighted by Crippen LogP contribution is -2.68. The zero-order chi connectivity index (χ0) is 38.1. The SMILES string of the molecule is CC(C)(C)[Si](C)(C)OC[C@H]1O[C@@H](OC/C=C/c2ccccc2)[C@H](O[Si](C)(C)C(C)(C)C)[C@@H](O[Si](C)(C)C(C)(C)C)[C@@H]1O[Si](C)(C)C(C)(C)C. The number of hydrogen-bond acceptors (Lipinski definition) is 6. The molecule has 0 saturated carbocycles. The van der Waals surface area contributed by atoms with E-state index in [0.717, 1.165) is 5.56 Å². The van der Waals surface area contributed by atoms with Gasteiger partial charge in [0.15, 0.2) is 39.6 Å². The molecule has 0 unspecified atom stereocenters. The summed E-state index contributed by atoms with van der Waals surface area (Å²) >= 11 is 0. The van der Waals surface area contributed by atoms with Gasteiger partial charge in [-0.3, -0.25) is 0 Å². The largest absolute Gasteiger partial charge is 0.414 e. The van der Waals surface area contributed by atoms with Crippen LogP contribution in [0.4, 0.5) is 0 Å². The van der Waals surface area contributed by atoms with Crippen LogP contribution >= 0.6 is 0 Å². The summed E-state index contributed by atoms with van der Waals surface area (Å²) in [7, 11) is -9.09. The van der Waals surface area contributed by atoms with E-state index in [-0.39, 0.29) is 32.4 Å². The van der Waals surface area contributed by atoms with Crippen LogP contribution in [0.15, 0.2) is 36.4 Å². The molecule has 284 valence electrons. The van der Waals surface area contributed by atoms with E-state index in [0.29, 0.717) is 13.2 Å². The summed E-state index contributed by atoms with van der Waals surface area (Å²) < 4.78 is 43.1. The van der Waals surface area contributed by atoms with E-state index < -0.39 is 51.8 Å². The molecule has 1 fully saturated rings. The maximum absolute atomic E-state index is 7.53. The number of hydrogen-bond donors (Lipinski definition) is 0. The van der Waals surface area contributed by atoms with Gasteiger partial charge in [0.2, 0.25) is 0 Å². The van der Waals surface area contributed by atoms with E-state index in [1.165, 1.54) is 0 Å². The molecule has 1 aromatic rings. The predicted molar refractivity (Wildman–Crippen MR) is 219 cm³/mol. The molecule has 1 aliphatic heterocycles. The summed E-state index contributed by atoms with van der Waals surface area (Å²) in [6.45, 7) is 46.8. The molecule has 2 rings (SSSR count). The van der Waals surface area contributed by atoms with Crippen LogP contribution in [0.2, 0.25) is 72.5 Å². The number of rotatable bonds is 13. The monoisotopic (exact) mass is 752 g/mol. The van der Waals surface area contributed by atoms with Gasteiger partial charge in [-0.25, -0.2) is 0 Å². The summed E-state index contributed by atoms with van der Waals surface area (Å²) in [5.41, 5.74) is 1.13. The number of benzene rings is 1. The first-order chi connectivity index (χ1) is 21.8. The van der Waals surface area contributed by atoms with Gasteiger partial charge in [-0.2, -0.15) is 0 Å². The van der Waals surface area contributed by atoms with Gasteiger partial charge in [-0.05, 0) is 78.1 Å². The zero-order valence-electron chi connectivity index (χ0n) is 35.3. The molecule has 10 heteroatoms. The molecule has 1 heterocycles. The Morgan fingerprint density at radius 1 is 0.571 bits per heavy atom. The summed E-state index contributed by atoms with van der Waals surface area (Å²) in [6.07, 6.45) is 1.86. The van der Waals surface area contributed by atoms with E-state index in [9.17, 15) is 0 Å². The Balaban J connectivity index is 2.77. The fourth-order valence-electron chi connectivity index (χ4n) is 4.51. The summed E-state index contributed by atoms with van der Waals surface area (Å²) in [4.78, 5) is 0. The second kappa shape index (κ2) is 15.9. The molecule has 49 heavy (non-hydrogen) atoms. The standard InChI is InChI=1S/C39H76O6Si4/c1-36(2,3)46(13,14)41-29-31-32(43-47(15,16)37(4,5)6)33(44-48(17,18)38(7,8)9)34(45-49(19,20)39(10,11)12)35(42-31)40-28-24-27-30-25-22-21-23-26-30/h21-27,31-35H,28-29H2,1-20H3/b27-24+/t31-,32-,33+,34-,35-/m1/s1. The number of ether oxygens (including phenoxy) is 2. The summed E-state index contributed by atoms with van der Waals surface area (Å²) in [5.74, 6) is 0. The lowest BCUT2D eigenvalue weighted by Gasteiger charge is -2.54. The second-order valence-electron chi connectivity index (χ2n) is 20.3. The van der Waals surface area contributed by atoms with Gasteiger partial charge in [0.25, 0.3) is 0 Å². The van der Waals surface area contributed by atoms with Crippen molar-refractivity contribution in [3.63, 3.8) is 0 Å². The molecule has 0 N–H and O–H groups in total. The zero-order valence-corrected chi connectivity index (χ0v) is 39.3. The first kappa shape index (κ1) is 44.7. The Morgan fingerprint density at radius 3 is 1.41 bits per heavy atom. The molecule has 0 aliphatic carbocycles. The van der Waals surface area contributed by atoms with Crippen molar-refractivity contribution in [1.82, 2.24) is 0 Å². The van der Waals surface area contributed by atoms with Crippen LogP contribution in [0.3, 0.4) is 0 Å². The van der Waals surface area contributed by atoms with Gasteiger partial charge in [-0.15, -0.1) is 0 Å². The average Bonchev–Trinajstić information content (AvgIpc) is 2.90. The van der Waals surface area contributed by atoms with Crippen molar-refractivity contribution in [3.05, 3.63) is 42.0 Å². The molecule has 1 aromatic carbocycles. The highest BCUT2D eigenvalue weighted by Crippen LogP contribution is 2.46. The van der Waals surface area contributed by atoms with Gasteiger partial charge in [0.1, 0.15) is 24.4 Å². The van der Waals surface area contributed by atoms with Crippen molar-refractivity contribution < 1.29 is 27.2 Å². The Hall–Kier alpha value is -0.412. The normalized spacial score (nSPS) is 24.1. The average molecular weight is 753 g/mol. The van der Waals surface area contributed by atoms with Gasteiger partial charge < -0.3 is 27.2 Å². The lowest BCUT2D eigenvalue weighted by molar-refractivity contribution is -0.288. The van der Waals surface area contributed by atoms with Gasteiger partial charge in [0.05, 0.1) is 13.2 Å². The maximum Gasteiger partial charge on any atom is 0.192 e. The molecule has 1 saturated heterocycles. The Kier molecular flexibility index (Phi) is 14.5. The minimum Gasteiger partial charge on any atom is -0.414 e. The van der Waals surface area contributed by atoms with E-state index in [2.05, 4.69) is 160 Å². The molecule has 6 nitrogen and oxygen atoms in total. The van der Waals surface area contributed by atoms with Crippen LogP contribution in [0.5, 0.6) is 0 Å². The first-order valence-electron chi connectivity index (χ1n) is 18.5. The highest BCUT2D eigenvalue weighted by atomic mass is 28.4.